The Morgan fingerprint density at radius 3 is 2.68 bits per heavy atom. The number of hydrogen-bond donors (Lipinski definition) is 1. The van der Waals surface area contributed by atoms with E-state index in [0.717, 1.165) is 18.5 Å². The second-order valence-electron chi connectivity index (χ2n) is 8.04. The molecule has 166 valence electrons. The molecule has 31 heavy (non-hydrogen) atoms. The lowest BCUT2D eigenvalue weighted by molar-refractivity contribution is 0.0707. The van der Waals surface area contributed by atoms with E-state index in [-0.39, 0.29) is 11.8 Å². The molecule has 0 aliphatic heterocycles. The maximum absolute atomic E-state index is 12.8. The average molecular weight is 426 g/mol. The highest BCUT2D eigenvalue weighted by Gasteiger charge is 2.19. The summed E-state index contributed by atoms with van der Waals surface area (Å²) in [6.07, 6.45) is 5.23. The molecule has 0 aromatic carbocycles. The van der Waals surface area contributed by atoms with E-state index < -0.39 is 0 Å². The number of nitrogens with zero attached hydrogens (tertiary/aromatic N) is 2. The first kappa shape index (κ1) is 22.5. The average Bonchev–Trinajstić information content (AvgIpc) is 3.50. The number of furan rings is 2. The van der Waals surface area contributed by atoms with Crippen molar-refractivity contribution in [3.63, 3.8) is 0 Å². The van der Waals surface area contributed by atoms with Gasteiger partial charge in [-0.25, -0.2) is 0 Å². The van der Waals surface area contributed by atoms with E-state index in [1.807, 2.05) is 35.9 Å². The van der Waals surface area contributed by atoms with Crippen LogP contribution in [0.15, 0.2) is 57.7 Å². The highest BCUT2D eigenvalue weighted by molar-refractivity contribution is 5.91. The summed E-state index contributed by atoms with van der Waals surface area (Å²) < 4.78 is 13.1. The zero-order chi connectivity index (χ0) is 22.2. The molecule has 3 heterocycles. The predicted molar refractivity (Wildman–Crippen MR) is 118 cm³/mol. The van der Waals surface area contributed by atoms with Gasteiger partial charge in [-0.05, 0) is 55.2 Å². The minimum atomic E-state index is -0.196. The zero-order valence-corrected chi connectivity index (χ0v) is 18.5. The molecule has 0 bridgehead atoms. The summed E-state index contributed by atoms with van der Waals surface area (Å²) in [6, 6.07) is 10.8. The van der Waals surface area contributed by atoms with Crippen LogP contribution < -0.4 is 5.32 Å². The Kier molecular flexibility index (Phi) is 7.76. The van der Waals surface area contributed by atoms with Crippen LogP contribution in [0.1, 0.15) is 66.2 Å². The number of aromatic nitrogens is 1. The molecular weight excluding hydrogens is 394 g/mol. The summed E-state index contributed by atoms with van der Waals surface area (Å²) in [6.45, 7) is 8.49. The second-order valence-corrected chi connectivity index (χ2v) is 8.04. The van der Waals surface area contributed by atoms with Crippen molar-refractivity contribution in [2.24, 2.45) is 5.92 Å². The number of carbonyl (C=O) groups excluding carboxylic acids is 2. The fourth-order valence-electron chi connectivity index (χ4n) is 3.34. The Bertz CT molecular complexity index is 969. The van der Waals surface area contributed by atoms with Crippen LogP contribution in [-0.4, -0.2) is 34.4 Å². The molecule has 0 radical (unpaired) electrons. The first-order valence-corrected chi connectivity index (χ1v) is 10.8. The maximum atomic E-state index is 12.8. The Morgan fingerprint density at radius 1 is 1.13 bits per heavy atom. The van der Waals surface area contributed by atoms with E-state index in [1.54, 1.807) is 23.1 Å². The molecule has 0 atom stereocenters. The van der Waals surface area contributed by atoms with Crippen molar-refractivity contribution in [1.82, 2.24) is 14.8 Å². The summed E-state index contributed by atoms with van der Waals surface area (Å²) in [5, 5.41) is 2.89. The SMILES string of the molecule is CCCN(Cc1cccn1Cc1ccc(C(=O)NCCC(C)C)o1)C(=O)c1ccco1. The molecule has 1 N–H and O–H groups in total. The van der Waals surface area contributed by atoms with Gasteiger partial charge in [-0.15, -0.1) is 0 Å². The first-order valence-electron chi connectivity index (χ1n) is 10.8. The monoisotopic (exact) mass is 425 g/mol. The van der Waals surface area contributed by atoms with Gasteiger partial charge in [0.2, 0.25) is 0 Å². The van der Waals surface area contributed by atoms with Gasteiger partial charge in [0, 0.05) is 25.0 Å². The summed E-state index contributed by atoms with van der Waals surface area (Å²) in [5.41, 5.74) is 0.979. The van der Waals surface area contributed by atoms with Crippen molar-refractivity contribution in [3.05, 3.63) is 71.8 Å². The number of hydrogen-bond acceptors (Lipinski definition) is 4. The highest BCUT2D eigenvalue weighted by atomic mass is 16.4. The second kappa shape index (κ2) is 10.7. The van der Waals surface area contributed by atoms with Crippen LogP contribution in [0.2, 0.25) is 0 Å². The van der Waals surface area contributed by atoms with Gasteiger partial charge in [0.1, 0.15) is 5.76 Å². The standard InChI is InChI=1S/C24H31N3O4/c1-4-13-27(24(29)22-8-6-15-30-22)16-19-7-5-14-26(19)17-20-9-10-21(31-20)23(28)25-12-11-18(2)3/h5-10,14-15,18H,4,11-13,16-17H2,1-3H3,(H,25,28). The van der Waals surface area contributed by atoms with Crippen molar-refractivity contribution in [2.45, 2.75) is 46.7 Å². The number of amides is 2. The van der Waals surface area contributed by atoms with Crippen molar-refractivity contribution in [3.8, 4) is 0 Å². The fraction of sp³-hybridized carbons (Fsp3) is 0.417. The third kappa shape index (κ3) is 6.13. The smallest absolute Gasteiger partial charge is 0.289 e. The van der Waals surface area contributed by atoms with Gasteiger partial charge in [0.15, 0.2) is 11.5 Å². The molecule has 0 unspecified atom stereocenters. The lowest BCUT2D eigenvalue weighted by atomic mass is 10.1. The lowest BCUT2D eigenvalue weighted by Crippen LogP contribution is -2.31. The number of nitrogens with one attached hydrogen (secondary N) is 1. The fourth-order valence-corrected chi connectivity index (χ4v) is 3.34. The summed E-state index contributed by atoms with van der Waals surface area (Å²) in [4.78, 5) is 26.8. The van der Waals surface area contributed by atoms with E-state index in [0.29, 0.717) is 49.4 Å². The molecule has 3 rings (SSSR count). The molecule has 0 saturated carbocycles. The van der Waals surface area contributed by atoms with Gasteiger partial charge < -0.3 is 23.6 Å². The predicted octanol–water partition coefficient (Wildman–Crippen LogP) is 4.55. The number of rotatable bonds is 11. The van der Waals surface area contributed by atoms with E-state index in [9.17, 15) is 9.59 Å². The van der Waals surface area contributed by atoms with Gasteiger partial charge in [-0.3, -0.25) is 9.59 Å². The van der Waals surface area contributed by atoms with E-state index >= 15 is 0 Å². The highest BCUT2D eigenvalue weighted by Crippen LogP contribution is 2.16. The Morgan fingerprint density at radius 2 is 1.97 bits per heavy atom. The van der Waals surface area contributed by atoms with Gasteiger partial charge in [-0.1, -0.05) is 20.8 Å². The first-order chi connectivity index (χ1) is 15.0. The minimum absolute atomic E-state index is 0.127. The van der Waals surface area contributed by atoms with Crippen molar-refractivity contribution in [2.75, 3.05) is 13.1 Å². The van der Waals surface area contributed by atoms with Crippen LogP contribution in [0.25, 0.3) is 0 Å². The minimum Gasteiger partial charge on any atom is -0.459 e. The molecule has 7 nitrogen and oxygen atoms in total. The van der Waals surface area contributed by atoms with Crippen LogP contribution in [0.4, 0.5) is 0 Å². The van der Waals surface area contributed by atoms with Crippen LogP contribution in [0.3, 0.4) is 0 Å². The molecule has 0 spiro atoms. The van der Waals surface area contributed by atoms with Crippen LogP contribution in [0, 0.1) is 5.92 Å². The Labute approximate surface area is 183 Å². The molecule has 2 amide bonds. The molecule has 0 saturated heterocycles. The van der Waals surface area contributed by atoms with Crippen molar-refractivity contribution >= 4 is 11.8 Å². The maximum Gasteiger partial charge on any atom is 0.289 e. The normalized spacial score (nSPS) is 11.1. The molecule has 3 aromatic rings. The van der Waals surface area contributed by atoms with Gasteiger partial charge in [0.25, 0.3) is 11.8 Å². The third-order valence-corrected chi connectivity index (χ3v) is 5.01. The molecule has 3 aromatic heterocycles. The molecule has 0 fully saturated rings. The molecule has 7 heteroatoms. The Balaban J connectivity index is 1.64. The van der Waals surface area contributed by atoms with Crippen molar-refractivity contribution in [1.29, 1.82) is 0 Å². The topological polar surface area (TPSA) is 80.6 Å². The Hall–Kier alpha value is -3.22. The van der Waals surface area contributed by atoms with Gasteiger partial charge in [0.05, 0.1) is 19.4 Å². The summed E-state index contributed by atoms with van der Waals surface area (Å²) >= 11 is 0. The molecular formula is C24H31N3O4. The van der Waals surface area contributed by atoms with Crippen LogP contribution in [0.5, 0.6) is 0 Å². The summed E-state index contributed by atoms with van der Waals surface area (Å²) in [7, 11) is 0. The number of carbonyl (C=O) groups is 2. The lowest BCUT2D eigenvalue weighted by Gasteiger charge is -2.22. The third-order valence-electron chi connectivity index (χ3n) is 5.01. The summed E-state index contributed by atoms with van der Waals surface area (Å²) in [5.74, 6) is 1.55. The van der Waals surface area contributed by atoms with Gasteiger partial charge in [-0.2, -0.15) is 0 Å². The van der Waals surface area contributed by atoms with E-state index in [2.05, 4.69) is 19.2 Å². The largest absolute Gasteiger partial charge is 0.459 e. The van der Waals surface area contributed by atoms with Gasteiger partial charge >= 0.3 is 0 Å². The van der Waals surface area contributed by atoms with E-state index in [4.69, 9.17) is 8.83 Å². The van der Waals surface area contributed by atoms with E-state index in [1.165, 1.54) is 6.26 Å². The molecule has 0 aliphatic rings. The zero-order valence-electron chi connectivity index (χ0n) is 18.5. The quantitative estimate of drug-likeness (QED) is 0.489. The van der Waals surface area contributed by atoms with Crippen LogP contribution in [-0.2, 0) is 13.1 Å². The molecule has 0 aliphatic carbocycles. The van der Waals surface area contributed by atoms with Crippen LogP contribution >= 0.6 is 0 Å². The van der Waals surface area contributed by atoms with Crippen molar-refractivity contribution < 1.29 is 18.4 Å².